The van der Waals surface area contributed by atoms with Crippen molar-refractivity contribution >= 4 is 0 Å². The number of rotatable bonds is 4. The first-order chi connectivity index (χ1) is 7.04. The van der Waals surface area contributed by atoms with E-state index in [4.69, 9.17) is 5.73 Å². The molecule has 0 radical (unpaired) electrons. The van der Waals surface area contributed by atoms with Gasteiger partial charge in [0, 0.05) is 6.07 Å². The van der Waals surface area contributed by atoms with Crippen molar-refractivity contribution in [3.63, 3.8) is 0 Å². The lowest BCUT2D eigenvalue weighted by molar-refractivity contribution is 0.134. The van der Waals surface area contributed by atoms with E-state index in [0.717, 1.165) is 24.6 Å². The van der Waals surface area contributed by atoms with Crippen LogP contribution in [-0.4, -0.2) is 11.2 Å². The van der Waals surface area contributed by atoms with Crippen LogP contribution in [-0.2, 0) is 0 Å². The minimum Gasteiger partial charge on any atom is -0.391 e. The Morgan fingerprint density at radius 3 is 2.27 bits per heavy atom. The molecule has 1 aromatic rings. The van der Waals surface area contributed by atoms with Gasteiger partial charge < -0.3 is 10.8 Å². The third-order valence-corrected chi connectivity index (χ3v) is 2.27. The first kappa shape index (κ1) is 12.1. The van der Waals surface area contributed by atoms with Crippen LogP contribution < -0.4 is 5.73 Å². The molecule has 0 aliphatic heterocycles. The molecule has 2 nitrogen and oxygen atoms in total. The second-order valence-corrected chi connectivity index (χ2v) is 3.58. The third-order valence-electron chi connectivity index (χ3n) is 2.27. The van der Waals surface area contributed by atoms with E-state index < -0.39 is 23.8 Å². The summed E-state index contributed by atoms with van der Waals surface area (Å²) in [6.45, 7) is 1.90. The van der Waals surface area contributed by atoms with Crippen molar-refractivity contribution in [3.8, 4) is 0 Å². The van der Waals surface area contributed by atoms with Crippen LogP contribution in [0.3, 0.4) is 0 Å². The van der Waals surface area contributed by atoms with Crippen LogP contribution in [0, 0.1) is 11.6 Å². The highest BCUT2D eigenvalue weighted by molar-refractivity contribution is 5.22. The van der Waals surface area contributed by atoms with E-state index in [1.807, 2.05) is 6.92 Å². The molecule has 2 atom stereocenters. The zero-order chi connectivity index (χ0) is 11.4. The molecule has 0 saturated heterocycles. The first-order valence-electron chi connectivity index (χ1n) is 4.94. The van der Waals surface area contributed by atoms with Gasteiger partial charge in [0.15, 0.2) is 0 Å². The molecule has 84 valence electrons. The fourth-order valence-corrected chi connectivity index (χ4v) is 1.47. The van der Waals surface area contributed by atoms with Crippen LogP contribution >= 0.6 is 0 Å². The van der Waals surface area contributed by atoms with Crippen molar-refractivity contribution in [1.82, 2.24) is 0 Å². The smallest absolute Gasteiger partial charge is 0.126 e. The minimum absolute atomic E-state index is 0.286. The highest BCUT2D eigenvalue weighted by Gasteiger charge is 2.17. The lowest BCUT2D eigenvalue weighted by Crippen LogP contribution is -2.26. The average molecular weight is 215 g/mol. The van der Waals surface area contributed by atoms with Gasteiger partial charge in [-0.15, -0.1) is 0 Å². The second-order valence-electron chi connectivity index (χ2n) is 3.58. The summed E-state index contributed by atoms with van der Waals surface area (Å²) in [6.07, 6.45) is 0.516. The predicted molar refractivity (Wildman–Crippen MR) is 54.2 cm³/mol. The summed E-state index contributed by atoms with van der Waals surface area (Å²) in [5.41, 5.74) is 5.96. The van der Waals surface area contributed by atoms with E-state index in [-0.39, 0.29) is 5.56 Å². The zero-order valence-electron chi connectivity index (χ0n) is 8.58. The Kier molecular flexibility index (Phi) is 4.17. The van der Waals surface area contributed by atoms with Crippen LogP contribution in [0.1, 0.15) is 31.4 Å². The summed E-state index contributed by atoms with van der Waals surface area (Å²) in [6, 6.07) is 2.33. The van der Waals surface area contributed by atoms with E-state index >= 15 is 0 Å². The van der Waals surface area contributed by atoms with Crippen LogP contribution in [0.5, 0.6) is 0 Å². The molecule has 0 bridgehead atoms. The van der Waals surface area contributed by atoms with Crippen molar-refractivity contribution in [2.45, 2.75) is 31.9 Å². The molecule has 0 aliphatic rings. The molecular formula is C11H15F2NO. The monoisotopic (exact) mass is 215 g/mol. The molecule has 0 unspecified atom stereocenters. The van der Waals surface area contributed by atoms with Crippen LogP contribution in [0.4, 0.5) is 8.78 Å². The van der Waals surface area contributed by atoms with Crippen molar-refractivity contribution in [3.05, 3.63) is 35.4 Å². The number of nitrogens with two attached hydrogens (primary N) is 1. The average Bonchev–Trinajstić information content (AvgIpc) is 2.15. The molecule has 1 aromatic carbocycles. The molecule has 4 heteroatoms. The fourth-order valence-electron chi connectivity index (χ4n) is 1.47. The Hall–Kier alpha value is -1.00. The maximum Gasteiger partial charge on any atom is 0.126 e. The molecule has 0 aliphatic carbocycles. The van der Waals surface area contributed by atoms with Gasteiger partial charge in [-0.2, -0.15) is 0 Å². The molecule has 0 saturated carbocycles. The van der Waals surface area contributed by atoms with Crippen molar-refractivity contribution in [1.29, 1.82) is 0 Å². The van der Waals surface area contributed by atoms with Gasteiger partial charge in [-0.05, 0) is 24.1 Å². The van der Waals surface area contributed by atoms with Gasteiger partial charge in [0.2, 0.25) is 0 Å². The summed E-state index contributed by atoms with van der Waals surface area (Å²) in [4.78, 5) is 0. The van der Waals surface area contributed by atoms with E-state index in [9.17, 15) is 13.9 Å². The van der Waals surface area contributed by atoms with Gasteiger partial charge in [-0.3, -0.25) is 0 Å². The summed E-state index contributed by atoms with van der Waals surface area (Å²) in [5.74, 6) is -1.35. The Morgan fingerprint density at radius 1 is 1.27 bits per heavy atom. The summed E-state index contributed by atoms with van der Waals surface area (Å²) >= 11 is 0. The number of benzene rings is 1. The van der Waals surface area contributed by atoms with Gasteiger partial charge in [-0.25, -0.2) is 8.78 Å². The van der Waals surface area contributed by atoms with Gasteiger partial charge in [-0.1, -0.05) is 13.3 Å². The van der Waals surface area contributed by atoms with Gasteiger partial charge in [0.05, 0.1) is 12.1 Å². The fraction of sp³-hybridized carbons (Fsp3) is 0.455. The van der Waals surface area contributed by atoms with Gasteiger partial charge in [0.25, 0.3) is 0 Å². The molecule has 0 aromatic heterocycles. The minimum atomic E-state index is -0.767. The lowest BCUT2D eigenvalue weighted by Gasteiger charge is -2.18. The maximum absolute atomic E-state index is 12.9. The van der Waals surface area contributed by atoms with Crippen LogP contribution in [0.15, 0.2) is 18.2 Å². The van der Waals surface area contributed by atoms with Crippen molar-refractivity contribution in [2.75, 3.05) is 0 Å². The Morgan fingerprint density at radius 2 is 1.80 bits per heavy atom. The molecule has 0 spiro atoms. The number of hydrogen-bond acceptors (Lipinski definition) is 2. The molecule has 0 amide bonds. The van der Waals surface area contributed by atoms with E-state index in [0.29, 0.717) is 6.42 Å². The highest BCUT2D eigenvalue weighted by Crippen LogP contribution is 2.19. The summed E-state index contributed by atoms with van der Waals surface area (Å²) < 4.78 is 25.7. The lowest BCUT2D eigenvalue weighted by atomic mass is 9.99. The second kappa shape index (κ2) is 5.19. The van der Waals surface area contributed by atoms with Gasteiger partial charge in [0.1, 0.15) is 11.6 Å². The van der Waals surface area contributed by atoms with E-state index in [1.165, 1.54) is 0 Å². The predicted octanol–water partition coefficient (Wildman–Crippen LogP) is 2.13. The number of aliphatic hydroxyl groups is 1. The Balaban J connectivity index is 2.85. The Labute approximate surface area is 87.7 Å². The normalized spacial score (nSPS) is 15.0. The number of hydrogen-bond donors (Lipinski definition) is 2. The quantitative estimate of drug-likeness (QED) is 0.808. The van der Waals surface area contributed by atoms with E-state index in [1.54, 1.807) is 0 Å². The highest BCUT2D eigenvalue weighted by atomic mass is 19.1. The van der Waals surface area contributed by atoms with Crippen molar-refractivity contribution < 1.29 is 13.9 Å². The standard InChI is InChI=1S/C11H15F2NO/c1-2-3-10(15)11(14)7-4-8(12)6-9(13)5-7/h4-6,10-11,15H,2-3,14H2,1H3/t10-,11+/m0/s1. The maximum atomic E-state index is 12.9. The van der Waals surface area contributed by atoms with Crippen LogP contribution in [0.2, 0.25) is 0 Å². The zero-order valence-corrected chi connectivity index (χ0v) is 8.58. The Bertz CT molecular complexity index is 310. The molecule has 0 fully saturated rings. The number of halogens is 2. The molecule has 1 rings (SSSR count). The van der Waals surface area contributed by atoms with Gasteiger partial charge >= 0.3 is 0 Å². The third kappa shape index (κ3) is 3.25. The largest absolute Gasteiger partial charge is 0.391 e. The van der Waals surface area contributed by atoms with Crippen LogP contribution in [0.25, 0.3) is 0 Å². The summed E-state index contributed by atoms with van der Waals surface area (Å²) in [5, 5.41) is 9.58. The molecule has 0 heterocycles. The number of aliphatic hydroxyl groups excluding tert-OH is 1. The van der Waals surface area contributed by atoms with E-state index in [2.05, 4.69) is 0 Å². The molecule has 3 N–H and O–H groups in total. The first-order valence-corrected chi connectivity index (χ1v) is 4.94. The molecular weight excluding hydrogens is 200 g/mol. The summed E-state index contributed by atoms with van der Waals surface area (Å²) in [7, 11) is 0. The topological polar surface area (TPSA) is 46.2 Å². The SMILES string of the molecule is CCC[C@H](O)[C@H](N)c1cc(F)cc(F)c1. The van der Waals surface area contributed by atoms with Crippen molar-refractivity contribution in [2.24, 2.45) is 5.73 Å². The molecule has 15 heavy (non-hydrogen) atoms.